The first-order valence-electron chi connectivity index (χ1n) is 6.57. The Balaban J connectivity index is 2.09. The van der Waals surface area contributed by atoms with Crippen LogP contribution in [0.25, 0.3) is 10.9 Å². The minimum atomic E-state index is -1.05. The summed E-state index contributed by atoms with van der Waals surface area (Å²) < 4.78 is 0. The maximum atomic E-state index is 11.3. The Kier molecular flexibility index (Phi) is 3.36. The van der Waals surface area contributed by atoms with Crippen LogP contribution in [-0.2, 0) is 0 Å². The molecule has 1 aliphatic carbocycles. The lowest BCUT2D eigenvalue weighted by atomic mass is 10.0. The van der Waals surface area contributed by atoms with E-state index in [0.29, 0.717) is 10.9 Å². The SMILES string of the molecule is O=C(O)c1c(Cl)ccc2nc(C3CCC(O)C3)ccc12. The van der Waals surface area contributed by atoms with E-state index < -0.39 is 5.97 Å². The van der Waals surface area contributed by atoms with Crippen LogP contribution in [0, 0.1) is 0 Å². The van der Waals surface area contributed by atoms with E-state index in [1.165, 1.54) is 0 Å². The van der Waals surface area contributed by atoms with Gasteiger partial charge in [-0.15, -0.1) is 0 Å². The Bertz CT molecular complexity index is 686. The van der Waals surface area contributed by atoms with Crippen molar-refractivity contribution < 1.29 is 15.0 Å². The molecular formula is C15H14ClNO3. The standard InChI is InChI=1S/C15H14ClNO3/c16-11-4-6-13-10(14(11)15(19)20)3-5-12(17-13)8-1-2-9(18)7-8/h3-6,8-9,18H,1-2,7H2,(H,19,20). The number of carbonyl (C=O) groups is 1. The number of aliphatic hydroxyl groups is 1. The fourth-order valence-corrected chi connectivity index (χ4v) is 3.11. The molecule has 1 aromatic carbocycles. The summed E-state index contributed by atoms with van der Waals surface area (Å²) in [6.07, 6.45) is 2.18. The quantitative estimate of drug-likeness (QED) is 0.891. The number of fused-ring (bicyclic) bond motifs is 1. The molecule has 1 saturated carbocycles. The molecule has 0 radical (unpaired) electrons. The fourth-order valence-electron chi connectivity index (χ4n) is 2.86. The number of rotatable bonds is 2. The van der Waals surface area contributed by atoms with Gasteiger partial charge in [-0.1, -0.05) is 17.7 Å². The number of hydrogen-bond acceptors (Lipinski definition) is 3. The van der Waals surface area contributed by atoms with Gasteiger partial charge in [-0.05, 0) is 37.5 Å². The van der Waals surface area contributed by atoms with Crippen molar-refractivity contribution in [3.63, 3.8) is 0 Å². The number of halogens is 1. The molecule has 0 bridgehead atoms. The molecule has 0 saturated heterocycles. The molecule has 104 valence electrons. The number of carboxylic acid groups (broad SMARTS) is 1. The van der Waals surface area contributed by atoms with Crippen molar-refractivity contribution in [2.24, 2.45) is 0 Å². The third-order valence-electron chi connectivity index (χ3n) is 3.88. The predicted molar refractivity (Wildman–Crippen MR) is 76.3 cm³/mol. The molecule has 5 heteroatoms. The first-order chi connectivity index (χ1) is 9.56. The average molecular weight is 292 g/mol. The molecule has 1 fully saturated rings. The van der Waals surface area contributed by atoms with E-state index in [9.17, 15) is 15.0 Å². The van der Waals surface area contributed by atoms with Crippen LogP contribution >= 0.6 is 11.6 Å². The zero-order valence-electron chi connectivity index (χ0n) is 10.7. The first kappa shape index (κ1) is 13.3. The minimum Gasteiger partial charge on any atom is -0.478 e. The number of aromatic carboxylic acids is 1. The van der Waals surface area contributed by atoms with Gasteiger partial charge in [0.15, 0.2) is 0 Å². The average Bonchev–Trinajstić information content (AvgIpc) is 2.84. The Morgan fingerprint density at radius 3 is 2.70 bits per heavy atom. The molecule has 0 spiro atoms. The van der Waals surface area contributed by atoms with E-state index >= 15 is 0 Å². The van der Waals surface area contributed by atoms with Gasteiger partial charge in [0, 0.05) is 17.0 Å². The van der Waals surface area contributed by atoms with Gasteiger partial charge in [0.1, 0.15) is 0 Å². The molecule has 4 nitrogen and oxygen atoms in total. The second-order valence-electron chi connectivity index (χ2n) is 5.19. The summed E-state index contributed by atoms with van der Waals surface area (Å²) in [6.45, 7) is 0. The van der Waals surface area contributed by atoms with Gasteiger partial charge < -0.3 is 10.2 Å². The smallest absolute Gasteiger partial charge is 0.337 e. The highest BCUT2D eigenvalue weighted by Gasteiger charge is 2.25. The van der Waals surface area contributed by atoms with Gasteiger partial charge in [0.25, 0.3) is 0 Å². The topological polar surface area (TPSA) is 70.4 Å². The molecule has 2 atom stereocenters. The van der Waals surface area contributed by atoms with Crippen molar-refractivity contribution in [3.8, 4) is 0 Å². The van der Waals surface area contributed by atoms with Gasteiger partial charge >= 0.3 is 5.97 Å². The highest BCUT2D eigenvalue weighted by molar-refractivity contribution is 6.35. The molecule has 20 heavy (non-hydrogen) atoms. The molecule has 0 amide bonds. The summed E-state index contributed by atoms with van der Waals surface area (Å²) in [6, 6.07) is 6.90. The lowest BCUT2D eigenvalue weighted by Gasteiger charge is -2.11. The van der Waals surface area contributed by atoms with Crippen molar-refractivity contribution in [2.75, 3.05) is 0 Å². The molecule has 1 aromatic heterocycles. The van der Waals surface area contributed by atoms with Crippen molar-refractivity contribution in [1.82, 2.24) is 4.98 Å². The molecular weight excluding hydrogens is 278 g/mol. The second kappa shape index (κ2) is 5.04. The van der Waals surface area contributed by atoms with Gasteiger partial charge in [0.05, 0.1) is 22.2 Å². The Morgan fingerprint density at radius 1 is 1.25 bits per heavy atom. The zero-order valence-corrected chi connectivity index (χ0v) is 11.5. The second-order valence-corrected chi connectivity index (χ2v) is 5.60. The van der Waals surface area contributed by atoms with E-state index in [4.69, 9.17) is 11.6 Å². The maximum Gasteiger partial charge on any atom is 0.337 e. The summed E-state index contributed by atoms with van der Waals surface area (Å²) in [7, 11) is 0. The molecule has 2 unspecified atom stereocenters. The summed E-state index contributed by atoms with van der Waals surface area (Å²) in [4.78, 5) is 15.8. The van der Waals surface area contributed by atoms with Crippen molar-refractivity contribution in [1.29, 1.82) is 0 Å². The van der Waals surface area contributed by atoms with Crippen LogP contribution in [0.4, 0.5) is 0 Å². The summed E-state index contributed by atoms with van der Waals surface area (Å²) in [5.74, 6) is -0.801. The van der Waals surface area contributed by atoms with E-state index in [0.717, 1.165) is 25.0 Å². The Hall–Kier alpha value is -1.65. The highest BCUT2D eigenvalue weighted by Crippen LogP contribution is 2.35. The summed E-state index contributed by atoms with van der Waals surface area (Å²) in [5.41, 5.74) is 1.63. The number of benzene rings is 1. The van der Waals surface area contributed by atoms with E-state index in [1.54, 1.807) is 18.2 Å². The molecule has 1 heterocycles. The normalized spacial score (nSPS) is 22.3. The van der Waals surface area contributed by atoms with E-state index in [-0.39, 0.29) is 22.6 Å². The number of hydrogen-bond donors (Lipinski definition) is 2. The number of carboxylic acids is 1. The largest absolute Gasteiger partial charge is 0.478 e. The third-order valence-corrected chi connectivity index (χ3v) is 4.19. The van der Waals surface area contributed by atoms with Crippen LogP contribution in [0.15, 0.2) is 24.3 Å². The van der Waals surface area contributed by atoms with Crippen LogP contribution in [-0.4, -0.2) is 27.3 Å². The van der Waals surface area contributed by atoms with Crippen molar-refractivity contribution in [3.05, 3.63) is 40.5 Å². The molecule has 3 rings (SSSR count). The van der Waals surface area contributed by atoms with Gasteiger partial charge in [-0.3, -0.25) is 4.98 Å². The number of nitrogens with zero attached hydrogens (tertiary/aromatic N) is 1. The highest BCUT2D eigenvalue weighted by atomic mass is 35.5. The van der Waals surface area contributed by atoms with Crippen LogP contribution in [0.3, 0.4) is 0 Å². The van der Waals surface area contributed by atoms with Crippen LogP contribution in [0.2, 0.25) is 5.02 Å². The first-order valence-corrected chi connectivity index (χ1v) is 6.94. The molecule has 2 N–H and O–H groups in total. The number of aliphatic hydroxyl groups excluding tert-OH is 1. The lowest BCUT2D eigenvalue weighted by molar-refractivity contribution is 0.0699. The zero-order chi connectivity index (χ0) is 14.3. The minimum absolute atomic E-state index is 0.0923. The summed E-state index contributed by atoms with van der Waals surface area (Å²) >= 11 is 5.94. The van der Waals surface area contributed by atoms with Crippen molar-refractivity contribution >= 4 is 28.5 Å². The van der Waals surface area contributed by atoms with E-state index in [2.05, 4.69) is 4.98 Å². The monoisotopic (exact) mass is 291 g/mol. The van der Waals surface area contributed by atoms with Gasteiger partial charge in [-0.25, -0.2) is 4.79 Å². The summed E-state index contributed by atoms with van der Waals surface area (Å²) in [5, 5.41) is 19.6. The Labute approximate surface area is 121 Å². The van der Waals surface area contributed by atoms with Crippen LogP contribution < -0.4 is 0 Å². The predicted octanol–water partition coefficient (Wildman–Crippen LogP) is 3.21. The number of pyridine rings is 1. The van der Waals surface area contributed by atoms with E-state index in [1.807, 2.05) is 6.07 Å². The molecule has 2 aromatic rings. The number of aromatic nitrogens is 1. The fraction of sp³-hybridized carbons (Fsp3) is 0.333. The van der Waals surface area contributed by atoms with Crippen molar-refractivity contribution in [2.45, 2.75) is 31.3 Å². The maximum absolute atomic E-state index is 11.3. The van der Waals surface area contributed by atoms with Crippen LogP contribution in [0.1, 0.15) is 41.2 Å². The molecule has 1 aliphatic rings. The van der Waals surface area contributed by atoms with Gasteiger partial charge in [0.2, 0.25) is 0 Å². The van der Waals surface area contributed by atoms with Gasteiger partial charge in [-0.2, -0.15) is 0 Å². The molecule has 0 aliphatic heterocycles. The Morgan fingerprint density at radius 2 is 2.05 bits per heavy atom. The lowest BCUT2D eigenvalue weighted by Crippen LogP contribution is -2.03. The van der Waals surface area contributed by atoms with Crippen LogP contribution in [0.5, 0.6) is 0 Å². The third kappa shape index (κ3) is 2.25.